The molecular formula is C16H28INO4S. The van der Waals surface area contributed by atoms with Gasteiger partial charge in [-0.25, -0.2) is 0 Å². The molecule has 0 aromatic heterocycles. The molecule has 0 spiro atoms. The molecule has 0 aromatic rings. The van der Waals surface area contributed by atoms with E-state index < -0.39 is 0 Å². The first-order chi connectivity index (χ1) is 11.1. The summed E-state index contributed by atoms with van der Waals surface area (Å²) in [5.41, 5.74) is 0.799. The van der Waals surface area contributed by atoms with Gasteiger partial charge in [0.1, 0.15) is 12.9 Å². The molecule has 5 nitrogen and oxygen atoms in total. The molecule has 23 heavy (non-hydrogen) atoms. The van der Waals surface area contributed by atoms with Gasteiger partial charge in [-0.05, 0) is 53.1 Å². The van der Waals surface area contributed by atoms with Crippen LogP contribution in [0.2, 0.25) is 0 Å². The van der Waals surface area contributed by atoms with Gasteiger partial charge in [0.15, 0.2) is 0 Å². The molecule has 1 aliphatic carbocycles. The van der Waals surface area contributed by atoms with Crippen LogP contribution in [0.5, 0.6) is 0 Å². The summed E-state index contributed by atoms with van der Waals surface area (Å²) >= 11 is 2.17. The molecular weight excluding hydrogens is 429 g/mol. The van der Waals surface area contributed by atoms with Gasteiger partial charge in [-0.2, -0.15) is 0 Å². The number of carbonyl (C=O) groups excluding carboxylic acids is 2. The lowest BCUT2D eigenvalue weighted by Gasteiger charge is -2.07. The fourth-order valence-corrected chi connectivity index (χ4v) is 2.14. The number of rotatable bonds is 6. The molecule has 134 valence electrons. The van der Waals surface area contributed by atoms with Crippen LogP contribution in [-0.4, -0.2) is 49.4 Å². The topological polar surface area (TPSA) is 75.6 Å². The zero-order valence-electron chi connectivity index (χ0n) is 14.1. The molecule has 0 aliphatic heterocycles. The molecule has 0 heterocycles. The first kappa shape index (κ1) is 24.9. The van der Waals surface area contributed by atoms with Crippen LogP contribution in [0.15, 0.2) is 23.8 Å². The molecule has 0 aromatic carbocycles. The summed E-state index contributed by atoms with van der Waals surface area (Å²) in [5.74, 6) is 0.670. The second-order valence-electron chi connectivity index (χ2n) is 4.23. The van der Waals surface area contributed by atoms with Gasteiger partial charge < -0.3 is 15.2 Å². The lowest BCUT2D eigenvalue weighted by molar-refractivity contribution is -0.141. The fourth-order valence-electron chi connectivity index (χ4n) is 1.46. The van der Waals surface area contributed by atoms with Gasteiger partial charge in [-0.1, -0.05) is 41.0 Å². The van der Waals surface area contributed by atoms with E-state index in [9.17, 15) is 14.7 Å². The first-order valence-corrected chi connectivity index (χ1v) is 11.2. The van der Waals surface area contributed by atoms with E-state index in [1.165, 1.54) is 0 Å². The van der Waals surface area contributed by atoms with Crippen molar-refractivity contribution in [1.29, 1.82) is 0 Å². The van der Waals surface area contributed by atoms with Crippen LogP contribution in [0.1, 0.15) is 33.1 Å². The minimum atomic E-state index is -0.376. The second-order valence-corrected chi connectivity index (χ2v) is 6.73. The number of aldehydes is 1. The van der Waals surface area contributed by atoms with Gasteiger partial charge in [-0.3, -0.25) is 9.59 Å². The Kier molecular flexibility index (Phi) is 21.3. The summed E-state index contributed by atoms with van der Waals surface area (Å²) in [5, 5.41) is 11.9. The van der Waals surface area contributed by atoms with Gasteiger partial charge in [-0.15, -0.1) is 0 Å². The summed E-state index contributed by atoms with van der Waals surface area (Å²) in [6, 6.07) is 0. The molecule has 1 rings (SSSR count). The average molecular weight is 457 g/mol. The van der Waals surface area contributed by atoms with Crippen molar-refractivity contribution in [2.45, 2.75) is 39.2 Å². The van der Waals surface area contributed by atoms with Gasteiger partial charge in [0.05, 0.1) is 12.6 Å². The van der Waals surface area contributed by atoms with E-state index >= 15 is 0 Å². The Bertz CT molecular complexity index is 362. The van der Waals surface area contributed by atoms with Crippen LogP contribution in [0, 0.1) is 0 Å². The number of nitrogens with one attached hydrogen (secondary N) is 1. The minimum Gasteiger partial charge on any atom is -0.464 e. The molecule has 0 fully saturated rings. The summed E-state index contributed by atoms with van der Waals surface area (Å²) < 4.78 is 4.80. The van der Waals surface area contributed by atoms with Crippen molar-refractivity contribution in [2.24, 2.45) is 0 Å². The fraction of sp³-hybridized carbons (Fsp3) is 0.625. The summed E-state index contributed by atoms with van der Waals surface area (Å²) in [6.07, 6.45) is 8.15. The van der Waals surface area contributed by atoms with E-state index in [1.54, 1.807) is 22.1 Å². The zero-order chi connectivity index (χ0) is 17.9. The molecule has 0 saturated heterocycles. The van der Waals surface area contributed by atoms with Crippen molar-refractivity contribution < 1.29 is 19.4 Å². The molecule has 1 aliphatic rings. The number of allylic oxidation sites excluding steroid dienone is 3. The minimum absolute atomic E-state index is 0.187. The third-order valence-electron chi connectivity index (χ3n) is 2.50. The van der Waals surface area contributed by atoms with Gasteiger partial charge in [0.25, 0.3) is 0 Å². The van der Waals surface area contributed by atoms with Crippen LogP contribution in [0.4, 0.5) is 0 Å². The standard InChI is InChI=1S/C9H12O2.C5H10INO2S.C2H6/c10-7-8-3-1-2-4-9(11)6-5-8;1-7-4-5(8)9-2-3-10-6;1-2/h2-4,7,9,11H,1,5-6H2;7H,2-4H2,1H3;1-2H3/b4-2+,8-3+;;. The van der Waals surface area contributed by atoms with Crippen molar-refractivity contribution in [3.8, 4) is 0 Å². The quantitative estimate of drug-likeness (QED) is 0.210. The second kappa shape index (κ2) is 19.7. The van der Waals surface area contributed by atoms with Crippen molar-refractivity contribution in [3.63, 3.8) is 0 Å². The van der Waals surface area contributed by atoms with Crippen LogP contribution in [-0.2, 0) is 14.3 Å². The van der Waals surface area contributed by atoms with E-state index in [2.05, 4.69) is 26.5 Å². The summed E-state index contributed by atoms with van der Waals surface area (Å²) in [4.78, 5) is 21.0. The van der Waals surface area contributed by atoms with E-state index in [1.807, 2.05) is 26.0 Å². The van der Waals surface area contributed by atoms with Crippen molar-refractivity contribution >= 4 is 42.4 Å². The number of aliphatic hydroxyl groups excluding tert-OH is 1. The maximum absolute atomic E-state index is 10.6. The van der Waals surface area contributed by atoms with Crippen molar-refractivity contribution in [3.05, 3.63) is 23.8 Å². The molecule has 0 saturated carbocycles. The van der Waals surface area contributed by atoms with Crippen molar-refractivity contribution in [2.75, 3.05) is 26.0 Å². The highest BCUT2D eigenvalue weighted by Gasteiger charge is 2.03. The van der Waals surface area contributed by atoms with E-state index in [0.717, 1.165) is 24.0 Å². The van der Waals surface area contributed by atoms with Crippen molar-refractivity contribution in [1.82, 2.24) is 5.32 Å². The predicted molar refractivity (Wildman–Crippen MR) is 106 cm³/mol. The summed E-state index contributed by atoms with van der Waals surface area (Å²) in [7, 11) is 3.35. The highest BCUT2D eigenvalue weighted by Crippen LogP contribution is 2.11. The molecule has 0 bridgehead atoms. The van der Waals surface area contributed by atoms with Gasteiger partial charge in [0, 0.05) is 5.75 Å². The van der Waals surface area contributed by atoms with Crippen LogP contribution in [0.3, 0.4) is 0 Å². The van der Waals surface area contributed by atoms with Crippen LogP contribution < -0.4 is 5.32 Å². The number of aliphatic hydroxyl groups is 1. The Morgan fingerprint density at radius 1 is 1.57 bits per heavy atom. The number of hydrogen-bond donors (Lipinski definition) is 2. The Morgan fingerprint density at radius 2 is 2.26 bits per heavy atom. The van der Waals surface area contributed by atoms with Gasteiger partial charge in [0.2, 0.25) is 0 Å². The number of esters is 1. The number of hydrogen-bond acceptors (Lipinski definition) is 6. The van der Waals surface area contributed by atoms with Gasteiger partial charge >= 0.3 is 5.97 Å². The lowest BCUT2D eigenvalue weighted by atomic mass is 10.0. The maximum atomic E-state index is 10.6. The Hall–Kier alpha value is -0.380. The Balaban J connectivity index is 0. The number of halogens is 1. The Labute approximate surface area is 155 Å². The molecule has 1 unspecified atom stereocenters. The normalized spacial score (nSPS) is 20.0. The molecule has 1 atom stereocenters. The predicted octanol–water partition coefficient (Wildman–Crippen LogP) is 3.07. The molecule has 0 amide bonds. The Morgan fingerprint density at radius 3 is 2.83 bits per heavy atom. The van der Waals surface area contributed by atoms with E-state index in [4.69, 9.17) is 4.74 Å². The molecule has 0 radical (unpaired) electrons. The largest absolute Gasteiger partial charge is 0.464 e. The SMILES string of the molecule is CC.CNCC(=O)OCCSI.O=C/C1=C/C/C=C/C(O)CC1. The number of carbonyl (C=O) groups is 2. The van der Waals surface area contributed by atoms with Crippen LogP contribution >= 0.6 is 30.1 Å². The number of ether oxygens (including phenoxy) is 1. The lowest BCUT2D eigenvalue weighted by Crippen LogP contribution is -2.21. The third kappa shape index (κ3) is 17.8. The first-order valence-electron chi connectivity index (χ1n) is 7.66. The van der Waals surface area contributed by atoms with E-state index in [0.29, 0.717) is 26.0 Å². The average Bonchev–Trinajstić information content (AvgIpc) is 2.55. The molecule has 2 N–H and O–H groups in total. The van der Waals surface area contributed by atoms with E-state index in [-0.39, 0.29) is 12.1 Å². The zero-order valence-corrected chi connectivity index (χ0v) is 17.1. The highest BCUT2D eigenvalue weighted by molar-refractivity contribution is 14.2. The highest BCUT2D eigenvalue weighted by atomic mass is 127. The summed E-state index contributed by atoms with van der Waals surface area (Å²) in [6.45, 7) is 4.81. The number of likely N-dealkylation sites (N-methyl/N-ethyl adjacent to an activating group) is 1. The smallest absolute Gasteiger partial charge is 0.319 e. The van der Waals surface area contributed by atoms with Crippen LogP contribution in [0.25, 0.3) is 0 Å². The monoisotopic (exact) mass is 457 g/mol. The third-order valence-corrected chi connectivity index (χ3v) is 4.14. The molecule has 7 heteroatoms. The maximum Gasteiger partial charge on any atom is 0.319 e.